The van der Waals surface area contributed by atoms with Gasteiger partial charge in [0.15, 0.2) is 12.4 Å². The first kappa shape index (κ1) is 73.4. The fraction of sp³-hybridized carbons (Fsp3) is 0.939. The van der Waals surface area contributed by atoms with E-state index in [4.69, 9.17) is 14.2 Å². The summed E-state index contributed by atoms with van der Waals surface area (Å²) in [7, 11) is 0. The second kappa shape index (κ2) is 55.0. The lowest BCUT2D eigenvalue weighted by molar-refractivity contribution is -0.305. The van der Waals surface area contributed by atoms with Crippen molar-refractivity contribution in [3.63, 3.8) is 0 Å². The Labute approximate surface area is 474 Å². The maximum Gasteiger partial charge on any atom is 0.306 e. The SMILES string of the molecule is CCCCCCCCCCC/C=C/C(O)C(COC1OC(CO)C(O)C(O)C1OC(=O)CCCCCCCCCCCCCCCCCCCCCCCCC)NC(=O)C(O)CCCCCCCCCCCCCCCC. The van der Waals surface area contributed by atoms with Crippen LogP contribution < -0.4 is 5.32 Å². The molecular weight excluding hydrogens is 967 g/mol. The molecule has 1 rings (SSSR count). The zero-order valence-electron chi connectivity index (χ0n) is 50.6. The number of carbonyl (C=O) groups is 2. The van der Waals surface area contributed by atoms with Gasteiger partial charge in [0.05, 0.1) is 25.4 Å². The van der Waals surface area contributed by atoms with Crippen LogP contribution in [-0.2, 0) is 23.8 Å². The van der Waals surface area contributed by atoms with Gasteiger partial charge in [0, 0.05) is 6.42 Å². The van der Waals surface area contributed by atoms with E-state index < -0.39 is 67.4 Å². The molecule has 6 N–H and O–H groups in total. The third-order valence-corrected chi connectivity index (χ3v) is 16.2. The van der Waals surface area contributed by atoms with Crippen LogP contribution in [0.5, 0.6) is 0 Å². The first-order valence-corrected chi connectivity index (χ1v) is 33.5. The predicted octanol–water partition coefficient (Wildman–Crippen LogP) is 16.3. The quantitative estimate of drug-likeness (QED) is 0.0195. The molecule has 1 aliphatic rings. The number of allylic oxidation sites excluding steroid dienone is 1. The number of aliphatic hydroxyl groups excluding tert-OH is 5. The largest absolute Gasteiger partial charge is 0.454 e. The van der Waals surface area contributed by atoms with Crippen molar-refractivity contribution in [1.82, 2.24) is 5.32 Å². The van der Waals surface area contributed by atoms with E-state index in [1.807, 2.05) is 6.08 Å². The zero-order valence-corrected chi connectivity index (χ0v) is 50.6. The number of aliphatic hydroxyl groups is 5. The van der Waals surface area contributed by atoms with Crippen LogP contribution in [0.25, 0.3) is 0 Å². The number of carbonyl (C=O) groups excluding carboxylic acids is 2. The highest BCUT2D eigenvalue weighted by Gasteiger charge is 2.47. The maximum absolute atomic E-state index is 13.4. The summed E-state index contributed by atoms with van der Waals surface area (Å²) in [5, 5.41) is 57.0. The molecule has 456 valence electrons. The van der Waals surface area contributed by atoms with E-state index in [9.17, 15) is 35.1 Å². The van der Waals surface area contributed by atoms with Crippen molar-refractivity contribution in [3.05, 3.63) is 12.2 Å². The van der Waals surface area contributed by atoms with Crippen LogP contribution in [0, 0.1) is 0 Å². The van der Waals surface area contributed by atoms with Gasteiger partial charge in [0.1, 0.15) is 24.4 Å². The molecule has 11 heteroatoms. The van der Waals surface area contributed by atoms with Gasteiger partial charge in [-0.1, -0.05) is 315 Å². The molecule has 0 aromatic carbocycles. The molecule has 1 saturated heterocycles. The van der Waals surface area contributed by atoms with Crippen molar-refractivity contribution in [2.24, 2.45) is 0 Å². The van der Waals surface area contributed by atoms with Gasteiger partial charge in [-0.25, -0.2) is 0 Å². The molecule has 0 saturated carbocycles. The minimum absolute atomic E-state index is 0.132. The van der Waals surface area contributed by atoms with Gasteiger partial charge >= 0.3 is 5.97 Å². The average molecular weight is 1090 g/mol. The van der Waals surface area contributed by atoms with Crippen molar-refractivity contribution >= 4 is 11.9 Å². The van der Waals surface area contributed by atoms with E-state index in [1.165, 1.54) is 231 Å². The summed E-state index contributed by atoms with van der Waals surface area (Å²) in [4.78, 5) is 26.6. The van der Waals surface area contributed by atoms with Crippen LogP contribution in [-0.4, -0.2) is 99.6 Å². The molecule has 0 aromatic heterocycles. The second-order valence-corrected chi connectivity index (χ2v) is 23.6. The summed E-state index contributed by atoms with van der Waals surface area (Å²) in [6.07, 6.45) is 52.6. The van der Waals surface area contributed by atoms with E-state index in [0.29, 0.717) is 19.3 Å². The highest BCUT2D eigenvalue weighted by molar-refractivity contribution is 5.80. The molecule has 0 aromatic rings. The number of ether oxygens (including phenoxy) is 3. The summed E-state index contributed by atoms with van der Waals surface area (Å²) >= 11 is 0. The highest BCUT2D eigenvalue weighted by atomic mass is 16.7. The van der Waals surface area contributed by atoms with Gasteiger partial charge in [-0.05, 0) is 25.7 Å². The number of rotatable bonds is 58. The third-order valence-electron chi connectivity index (χ3n) is 16.2. The summed E-state index contributed by atoms with van der Waals surface area (Å²) < 4.78 is 17.7. The molecule has 0 radical (unpaired) electrons. The number of hydrogen-bond acceptors (Lipinski definition) is 10. The number of hydrogen-bond donors (Lipinski definition) is 6. The topological polar surface area (TPSA) is 175 Å². The summed E-state index contributed by atoms with van der Waals surface area (Å²) in [5.74, 6) is -1.17. The van der Waals surface area contributed by atoms with Crippen LogP contribution in [0.15, 0.2) is 12.2 Å². The summed E-state index contributed by atoms with van der Waals surface area (Å²) in [6.45, 7) is 5.83. The Morgan fingerprint density at radius 2 is 0.844 bits per heavy atom. The van der Waals surface area contributed by atoms with Gasteiger partial charge < -0.3 is 45.1 Å². The van der Waals surface area contributed by atoms with Crippen molar-refractivity contribution < 1.29 is 49.3 Å². The average Bonchev–Trinajstić information content (AvgIpc) is 3.43. The molecule has 1 fully saturated rings. The van der Waals surface area contributed by atoms with Crippen molar-refractivity contribution in [1.29, 1.82) is 0 Å². The first-order valence-electron chi connectivity index (χ1n) is 33.5. The Hall–Kier alpha value is -1.60. The van der Waals surface area contributed by atoms with E-state index in [1.54, 1.807) is 6.08 Å². The van der Waals surface area contributed by atoms with Gasteiger partial charge in [-0.15, -0.1) is 0 Å². The molecule has 0 aliphatic carbocycles. The van der Waals surface area contributed by atoms with Crippen LogP contribution >= 0.6 is 0 Å². The fourth-order valence-electron chi connectivity index (χ4n) is 10.9. The van der Waals surface area contributed by atoms with Gasteiger partial charge in [-0.3, -0.25) is 9.59 Å². The summed E-state index contributed by atoms with van der Waals surface area (Å²) in [6, 6.07) is -1.02. The van der Waals surface area contributed by atoms with Crippen LogP contribution in [0.2, 0.25) is 0 Å². The van der Waals surface area contributed by atoms with Crippen molar-refractivity contribution in [2.75, 3.05) is 13.2 Å². The lowest BCUT2D eigenvalue weighted by Gasteiger charge is -2.41. The molecule has 1 amide bonds. The molecule has 8 atom stereocenters. The van der Waals surface area contributed by atoms with Crippen molar-refractivity contribution in [3.8, 4) is 0 Å². The first-order chi connectivity index (χ1) is 37.7. The van der Waals surface area contributed by atoms with Gasteiger partial charge in [-0.2, -0.15) is 0 Å². The molecule has 0 spiro atoms. The van der Waals surface area contributed by atoms with Gasteiger partial charge in [0.25, 0.3) is 0 Å². The lowest BCUT2D eigenvalue weighted by atomic mass is 9.99. The normalized spacial score (nSPS) is 19.0. The number of esters is 1. The van der Waals surface area contributed by atoms with Crippen molar-refractivity contribution in [2.45, 2.75) is 384 Å². The van der Waals surface area contributed by atoms with E-state index >= 15 is 0 Å². The fourth-order valence-corrected chi connectivity index (χ4v) is 10.9. The standard InChI is InChI=1S/C66H127NO10/c1-4-7-10-13-16-19-22-24-26-27-28-29-30-31-32-33-34-36-39-42-45-48-51-54-61(71)77-64-63(73)62(72)60(55-68)76-66(64)75-56-57(58(69)52-49-46-43-40-37-21-18-15-12-9-6-3)67-65(74)59(70)53-50-47-44-41-38-35-25-23-20-17-14-11-8-5-2/h49,52,57-60,62-64,66,68-70,72-73H,4-48,50-51,53-56H2,1-3H3,(H,67,74)/b52-49+. The van der Waals surface area contributed by atoms with Crippen LogP contribution in [0.1, 0.15) is 335 Å². The minimum atomic E-state index is -1.61. The lowest BCUT2D eigenvalue weighted by Crippen LogP contribution is -2.61. The Morgan fingerprint density at radius 1 is 0.494 bits per heavy atom. The molecule has 1 heterocycles. The molecule has 0 bridgehead atoms. The Kier molecular flexibility index (Phi) is 52.4. The van der Waals surface area contributed by atoms with E-state index in [2.05, 4.69) is 26.1 Å². The smallest absolute Gasteiger partial charge is 0.306 e. The van der Waals surface area contributed by atoms with Gasteiger partial charge in [0.2, 0.25) is 5.91 Å². The Balaban J connectivity index is 2.56. The van der Waals surface area contributed by atoms with E-state index in [-0.39, 0.29) is 13.0 Å². The summed E-state index contributed by atoms with van der Waals surface area (Å²) in [5.41, 5.74) is 0. The monoisotopic (exact) mass is 1090 g/mol. The zero-order chi connectivity index (χ0) is 56.1. The number of amides is 1. The molecule has 8 unspecified atom stereocenters. The number of nitrogens with one attached hydrogen (secondary N) is 1. The Morgan fingerprint density at radius 3 is 1.22 bits per heavy atom. The Bertz CT molecular complexity index is 1300. The predicted molar refractivity (Wildman–Crippen MR) is 320 cm³/mol. The minimum Gasteiger partial charge on any atom is -0.454 e. The highest BCUT2D eigenvalue weighted by Crippen LogP contribution is 2.26. The van der Waals surface area contributed by atoms with Crippen LogP contribution in [0.4, 0.5) is 0 Å². The third kappa shape index (κ3) is 42.9. The molecule has 11 nitrogen and oxygen atoms in total. The van der Waals surface area contributed by atoms with Crippen LogP contribution in [0.3, 0.4) is 0 Å². The molecule has 77 heavy (non-hydrogen) atoms. The maximum atomic E-state index is 13.4. The molecular formula is C66H127NO10. The van der Waals surface area contributed by atoms with E-state index in [0.717, 1.165) is 57.8 Å². The second-order valence-electron chi connectivity index (χ2n) is 23.6. The molecule has 1 aliphatic heterocycles. The number of unbranched alkanes of at least 4 members (excludes halogenated alkanes) is 44.